The number of hydrogen-bond donors (Lipinski definition) is 2. The number of rotatable bonds is 1. The predicted octanol–water partition coefficient (Wildman–Crippen LogP) is 2.26. The maximum atomic E-state index is 14.0. The van der Waals surface area contributed by atoms with Gasteiger partial charge in [-0.2, -0.15) is 0 Å². The zero-order valence-electron chi connectivity index (χ0n) is 18.3. The van der Waals surface area contributed by atoms with Gasteiger partial charge in [-0.3, -0.25) is 14.4 Å². The van der Waals surface area contributed by atoms with E-state index in [1.54, 1.807) is 24.0 Å². The van der Waals surface area contributed by atoms with Crippen LogP contribution >= 0.6 is 0 Å². The molecule has 170 valence electrons. The summed E-state index contributed by atoms with van der Waals surface area (Å²) in [5.74, 6) is -1.29. The number of benzene rings is 1. The molecule has 3 amide bonds. The molecule has 1 aromatic rings. The molecule has 0 bridgehead atoms. The van der Waals surface area contributed by atoms with Gasteiger partial charge in [0.15, 0.2) is 0 Å². The first-order valence-corrected chi connectivity index (χ1v) is 11.1. The van der Waals surface area contributed by atoms with Gasteiger partial charge in [0.25, 0.3) is 5.91 Å². The van der Waals surface area contributed by atoms with Crippen LogP contribution in [0.3, 0.4) is 0 Å². The maximum Gasteiger partial charge on any atom is 0.256 e. The number of carbonyl (C=O) groups is 3. The summed E-state index contributed by atoms with van der Waals surface area (Å²) in [5.41, 5.74) is -0.602. The second-order valence-corrected chi connectivity index (χ2v) is 8.69. The minimum Gasteiger partial charge on any atom is -0.379 e. The molecule has 7 nitrogen and oxygen atoms in total. The van der Waals surface area contributed by atoms with Gasteiger partial charge in [-0.15, -0.1) is 0 Å². The first-order chi connectivity index (χ1) is 14.8. The van der Waals surface area contributed by atoms with E-state index in [1.165, 1.54) is 12.1 Å². The van der Waals surface area contributed by atoms with Gasteiger partial charge < -0.3 is 20.3 Å². The Morgan fingerprint density at radius 2 is 1.81 bits per heavy atom. The molecule has 31 heavy (non-hydrogen) atoms. The number of carbonyl (C=O) groups excluding carboxylic acids is 3. The zero-order valence-corrected chi connectivity index (χ0v) is 18.3. The summed E-state index contributed by atoms with van der Waals surface area (Å²) < 4.78 is 19.7. The highest BCUT2D eigenvalue weighted by molar-refractivity contribution is 5.95. The van der Waals surface area contributed by atoms with Crippen molar-refractivity contribution in [3.8, 4) is 0 Å². The minimum atomic E-state index is -0.661. The molecule has 2 aliphatic rings. The first kappa shape index (κ1) is 23.2. The molecule has 0 aromatic heterocycles. The fourth-order valence-electron chi connectivity index (χ4n) is 4.29. The third-order valence-corrected chi connectivity index (χ3v) is 6.29. The normalized spacial score (nSPS) is 25.6. The van der Waals surface area contributed by atoms with Crippen LogP contribution in [0.2, 0.25) is 0 Å². The van der Waals surface area contributed by atoms with E-state index in [-0.39, 0.29) is 29.3 Å². The minimum absolute atomic E-state index is 0.0504. The summed E-state index contributed by atoms with van der Waals surface area (Å²) in [4.78, 5) is 40.0. The molecule has 0 aliphatic carbocycles. The van der Waals surface area contributed by atoms with Crippen molar-refractivity contribution in [1.29, 1.82) is 0 Å². The quantitative estimate of drug-likeness (QED) is 0.711. The zero-order chi connectivity index (χ0) is 22.4. The van der Waals surface area contributed by atoms with Crippen LogP contribution in [0.1, 0.15) is 56.3 Å². The topological polar surface area (TPSA) is 87.7 Å². The second kappa shape index (κ2) is 10.2. The van der Waals surface area contributed by atoms with Gasteiger partial charge in [0.2, 0.25) is 11.8 Å². The first-order valence-electron chi connectivity index (χ1n) is 11.1. The average Bonchev–Trinajstić information content (AvgIpc) is 2.76. The van der Waals surface area contributed by atoms with Crippen LogP contribution in [0.25, 0.3) is 0 Å². The van der Waals surface area contributed by atoms with E-state index in [0.29, 0.717) is 45.6 Å². The lowest BCUT2D eigenvalue weighted by atomic mass is 9.73. The Morgan fingerprint density at radius 1 is 1.10 bits per heavy atom. The average molecular weight is 434 g/mol. The van der Waals surface area contributed by atoms with Crippen molar-refractivity contribution >= 4 is 17.7 Å². The van der Waals surface area contributed by atoms with Crippen molar-refractivity contribution in [2.24, 2.45) is 5.41 Å². The molecule has 2 heterocycles. The Labute approximate surface area is 182 Å². The Bertz CT molecular complexity index is 808. The molecule has 0 unspecified atom stereocenters. The number of halogens is 1. The fraction of sp³-hybridized carbons (Fsp3) is 0.609. The van der Waals surface area contributed by atoms with Crippen molar-refractivity contribution in [2.75, 3.05) is 26.3 Å². The summed E-state index contributed by atoms with van der Waals surface area (Å²) in [7, 11) is 0. The molecule has 2 fully saturated rings. The lowest BCUT2D eigenvalue weighted by Gasteiger charge is -2.41. The summed E-state index contributed by atoms with van der Waals surface area (Å²) in [6, 6.07) is 5.15. The van der Waals surface area contributed by atoms with Gasteiger partial charge in [0, 0.05) is 25.7 Å². The molecule has 2 aliphatic heterocycles. The number of piperidine rings is 1. The third kappa shape index (κ3) is 5.61. The predicted molar refractivity (Wildman–Crippen MR) is 114 cm³/mol. The van der Waals surface area contributed by atoms with E-state index in [2.05, 4.69) is 10.6 Å². The summed E-state index contributed by atoms with van der Waals surface area (Å²) in [5, 5.41) is 5.74. The van der Waals surface area contributed by atoms with Gasteiger partial charge in [-0.1, -0.05) is 18.6 Å². The van der Waals surface area contributed by atoms with E-state index in [0.717, 1.165) is 12.8 Å². The highest BCUT2D eigenvalue weighted by atomic mass is 19.1. The molecular weight excluding hydrogens is 401 g/mol. The lowest BCUT2D eigenvalue weighted by molar-refractivity contribution is -0.137. The van der Waals surface area contributed by atoms with Gasteiger partial charge >= 0.3 is 0 Å². The fourth-order valence-corrected chi connectivity index (χ4v) is 4.29. The molecule has 2 saturated heterocycles. The molecule has 0 saturated carbocycles. The Balaban J connectivity index is 1.71. The highest BCUT2D eigenvalue weighted by Crippen LogP contribution is 2.37. The maximum absolute atomic E-state index is 14.0. The third-order valence-electron chi connectivity index (χ3n) is 6.29. The second-order valence-electron chi connectivity index (χ2n) is 8.69. The Morgan fingerprint density at radius 3 is 2.52 bits per heavy atom. The number of likely N-dealkylation sites (tertiary alicyclic amines) is 1. The summed E-state index contributed by atoms with van der Waals surface area (Å²) in [6.07, 6.45) is 3.25. The van der Waals surface area contributed by atoms with Crippen molar-refractivity contribution in [3.63, 3.8) is 0 Å². The van der Waals surface area contributed by atoms with Gasteiger partial charge in [-0.05, 0) is 51.7 Å². The molecule has 8 heteroatoms. The smallest absolute Gasteiger partial charge is 0.256 e. The standard InChI is InChI=1S/C23H32FN3O4/c1-16-15-31-14-6-5-9-23(22(30)26-17(2)20(28)25-16)10-12-27(13-11-23)21(29)18-7-3-4-8-19(18)24/h3-4,7-8,16-17H,5-6,9-15H2,1-2H3,(H,25,28)(H,26,30)/t16-,17-/m0/s1. The number of nitrogens with zero attached hydrogens (tertiary/aromatic N) is 1. The number of amides is 3. The van der Waals surface area contributed by atoms with Gasteiger partial charge in [0.05, 0.1) is 17.6 Å². The summed E-state index contributed by atoms with van der Waals surface area (Å²) in [6.45, 7) is 5.29. The molecule has 3 rings (SSSR count). The molecular formula is C23H32FN3O4. The van der Waals surface area contributed by atoms with Gasteiger partial charge in [-0.25, -0.2) is 4.39 Å². The van der Waals surface area contributed by atoms with Gasteiger partial charge in [0.1, 0.15) is 11.9 Å². The van der Waals surface area contributed by atoms with E-state index < -0.39 is 17.3 Å². The van der Waals surface area contributed by atoms with E-state index in [9.17, 15) is 18.8 Å². The number of nitrogens with one attached hydrogen (secondary N) is 2. The van der Waals surface area contributed by atoms with Crippen LogP contribution in [-0.4, -0.2) is 61.0 Å². The van der Waals surface area contributed by atoms with Crippen LogP contribution in [0.5, 0.6) is 0 Å². The Hall–Kier alpha value is -2.48. The van der Waals surface area contributed by atoms with Crippen molar-refractivity contribution < 1.29 is 23.5 Å². The SMILES string of the molecule is C[C@@H]1NC(=O)C2(CCCCOC[C@H](C)NC1=O)CCN(C(=O)c1ccccc1F)CC2. The van der Waals surface area contributed by atoms with Crippen molar-refractivity contribution in [2.45, 2.75) is 58.0 Å². The Kier molecular flexibility index (Phi) is 7.64. The number of hydrogen-bond acceptors (Lipinski definition) is 4. The van der Waals surface area contributed by atoms with Crippen LogP contribution in [0, 0.1) is 11.2 Å². The van der Waals surface area contributed by atoms with Crippen LogP contribution in [0.4, 0.5) is 4.39 Å². The van der Waals surface area contributed by atoms with Crippen LogP contribution in [0.15, 0.2) is 24.3 Å². The van der Waals surface area contributed by atoms with E-state index in [1.807, 2.05) is 6.92 Å². The number of ether oxygens (including phenoxy) is 1. The lowest BCUT2D eigenvalue weighted by Crippen LogP contribution is -2.55. The monoisotopic (exact) mass is 433 g/mol. The van der Waals surface area contributed by atoms with E-state index in [4.69, 9.17) is 4.74 Å². The molecule has 1 aromatic carbocycles. The molecule has 2 N–H and O–H groups in total. The van der Waals surface area contributed by atoms with E-state index >= 15 is 0 Å². The molecule has 1 spiro atoms. The highest BCUT2D eigenvalue weighted by Gasteiger charge is 2.42. The molecule has 2 atom stereocenters. The van der Waals surface area contributed by atoms with Crippen molar-refractivity contribution in [3.05, 3.63) is 35.6 Å². The summed E-state index contributed by atoms with van der Waals surface area (Å²) >= 11 is 0. The van der Waals surface area contributed by atoms with Crippen LogP contribution < -0.4 is 10.6 Å². The van der Waals surface area contributed by atoms with Crippen molar-refractivity contribution in [1.82, 2.24) is 15.5 Å². The molecule has 0 radical (unpaired) electrons. The van der Waals surface area contributed by atoms with Crippen LogP contribution in [-0.2, 0) is 14.3 Å². The largest absolute Gasteiger partial charge is 0.379 e.